The molecule has 5 nitrogen and oxygen atoms in total. The van der Waals surface area contributed by atoms with Gasteiger partial charge in [0.2, 0.25) is 0 Å². The van der Waals surface area contributed by atoms with Crippen LogP contribution in [0.3, 0.4) is 0 Å². The second kappa shape index (κ2) is 6.91. The number of rotatable bonds is 5. The first-order valence-electron chi connectivity index (χ1n) is 9.34. The summed E-state index contributed by atoms with van der Waals surface area (Å²) in [5.74, 6) is 2.61. The number of nitrogens with zero attached hydrogens (tertiary/aromatic N) is 4. The smallest absolute Gasteiger partial charge is 0.159 e. The van der Waals surface area contributed by atoms with E-state index in [0.29, 0.717) is 18.1 Å². The van der Waals surface area contributed by atoms with E-state index >= 15 is 0 Å². The van der Waals surface area contributed by atoms with E-state index in [1.165, 1.54) is 12.8 Å². The lowest BCUT2D eigenvalue weighted by Gasteiger charge is -2.14. The molecule has 0 spiro atoms. The van der Waals surface area contributed by atoms with Crippen LogP contribution in [0.2, 0.25) is 5.02 Å². The van der Waals surface area contributed by atoms with Crippen molar-refractivity contribution in [3.63, 3.8) is 0 Å². The molecule has 0 saturated heterocycles. The molecule has 3 aromatic rings. The topological polar surface area (TPSA) is 55.1 Å². The summed E-state index contributed by atoms with van der Waals surface area (Å²) in [5, 5.41) is 13.1. The highest BCUT2D eigenvalue weighted by Crippen LogP contribution is 2.29. The number of fused-ring (bicyclic) bond motifs is 3. The van der Waals surface area contributed by atoms with E-state index in [4.69, 9.17) is 16.6 Å². The molecule has 27 heavy (non-hydrogen) atoms. The minimum Gasteiger partial charge on any atom is -0.310 e. The summed E-state index contributed by atoms with van der Waals surface area (Å²) >= 11 is 6.47. The van der Waals surface area contributed by atoms with Crippen LogP contribution in [0, 0.1) is 5.92 Å². The van der Waals surface area contributed by atoms with Crippen LogP contribution in [0.25, 0.3) is 5.69 Å². The molecule has 2 aliphatic rings. The fourth-order valence-electron chi connectivity index (χ4n) is 3.55. The summed E-state index contributed by atoms with van der Waals surface area (Å²) < 4.78 is 2.14. The van der Waals surface area contributed by atoms with Crippen molar-refractivity contribution < 1.29 is 0 Å². The Hall–Kier alpha value is -2.50. The van der Waals surface area contributed by atoms with Crippen molar-refractivity contribution in [2.75, 3.05) is 6.54 Å². The van der Waals surface area contributed by atoms with Gasteiger partial charge in [-0.25, -0.2) is 0 Å². The number of hydrogen-bond donors (Lipinski definition) is 1. The summed E-state index contributed by atoms with van der Waals surface area (Å²) in [6, 6.07) is 16.1. The van der Waals surface area contributed by atoms with Crippen LogP contribution in [-0.2, 0) is 13.1 Å². The van der Waals surface area contributed by atoms with Crippen LogP contribution < -0.4 is 5.32 Å². The largest absolute Gasteiger partial charge is 0.310 e. The monoisotopic (exact) mass is 377 g/mol. The normalized spacial score (nSPS) is 15.7. The molecule has 1 aromatic heterocycles. The van der Waals surface area contributed by atoms with Gasteiger partial charge in [0.1, 0.15) is 6.54 Å². The van der Waals surface area contributed by atoms with Crippen molar-refractivity contribution in [1.29, 1.82) is 0 Å². The van der Waals surface area contributed by atoms with Crippen molar-refractivity contribution >= 4 is 17.3 Å². The molecule has 0 bridgehead atoms. The first kappa shape index (κ1) is 16.7. The van der Waals surface area contributed by atoms with Crippen LogP contribution in [0.15, 0.2) is 53.5 Å². The highest BCUT2D eigenvalue weighted by molar-refractivity contribution is 6.35. The molecule has 0 radical (unpaired) electrons. The third-order valence-electron chi connectivity index (χ3n) is 5.12. The van der Waals surface area contributed by atoms with Gasteiger partial charge in [-0.05, 0) is 37.4 Å². The fraction of sp³-hybridized carbons (Fsp3) is 0.286. The average molecular weight is 378 g/mol. The van der Waals surface area contributed by atoms with Crippen molar-refractivity contribution in [2.24, 2.45) is 10.9 Å². The van der Waals surface area contributed by atoms with Crippen molar-refractivity contribution in [1.82, 2.24) is 20.1 Å². The maximum absolute atomic E-state index is 6.47. The Labute approximate surface area is 163 Å². The van der Waals surface area contributed by atoms with E-state index in [-0.39, 0.29) is 0 Å². The summed E-state index contributed by atoms with van der Waals surface area (Å²) in [7, 11) is 0. The van der Waals surface area contributed by atoms with E-state index in [2.05, 4.69) is 32.2 Å². The van der Waals surface area contributed by atoms with Gasteiger partial charge in [0, 0.05) is 16.1 Å². The fourth-order valence-corrected chi connectivity index (χ4v) is 3.77. The Balaban J connectivity index is 1.57. The Morgan fingerprint density at radius 1 is 1.00 bits per heavy atom. The van der Waals surface area contributed by atoms with Crippen LogP contribution in [0.4, 0.5) is 0 Å². The van der Waals surface area contributed by atoms with Crippen LogP contribution in [0.1, 0.15) is 35.6 Å². The van der Waals surface area contributed by atoms with Gasteiger partial charge in [-0.3, -0.25) is 9.56 Å². The molecule has 2 heterocycles. The second-order valence-electron chi connectivity index (χ2n) is 7.10. The molecule has 1 aliphatic carbocycles. The van der Waals surface area contributed by atoms with Crippen molar-refractivity contribution in [3.8, 4) is 5.69 Å². The summed E-state index contributed by atoms with van der Waals surface area (Å²) in [5.41, 5.74) is 3.95. The SMILES string of the molecule is Clc1ccccc1C1=NCc2nnc(CNCC3CC3)n2-c2ccccc21. The van der Waals surface area contributed by atoms with Crippen molar-refractivity contribution in [3.05, 3.63) is 76.3 Å². The van der Waals surface area contributed by atoms with E-state index < -0.39 is 0 Å². The molecule has 0 atom stereocenters. The Morgan fingerprint density at radius 2 is 1.78 bits per heavy atom. The third kappa shape index (κ3) is 3.17. The molecule has 1 aliphatic heterocycles. The molecule has 0 amide bonds. The standard InChI is InChI=1S/C21H20ClN5/c22-17-7-3-1-5-15(17)21-16-6-2-4-8-18(16)27-19(12-23-11-14-9-10-14)25-26-20(27)13-24-21/h1-8,14,23H,9-13H2. The second-order valence-corrected chi connectivity index (χ2v) is 7.51. The predicted molar refractivity (Wildman–Crippen MR) is 107 cm³/mol. The van der Waals surface area contributed by atoms with Crippen molar-refractivity contribution in [2.45, 2.75) is 25.9 Å². The zero-order valence-electron chi connectivity index (χ0n) is 14.9. The van der Waals surface area contributed by atoms with Gasteiger partial charge in [0.25, 0.3) is 0 Å². The molecule has 136 valence electrons. The Morgan fingerprint density at radius 3 is 2.59 bits per heavy atom. The van der Waals surface area contributed by atoms with E-state index in [1.54, 1.807) is 0 Å². The van der Waals surface area contributed by atoms with Gasteiger partial charge < -0.3 is 5.32 Å². The maximum atomic E-state index is 6.47. The third-order valence-corrected chi connectivity index (χ3v) is 5.45. The lowest BCUT2D eigenvalue weighted by Crippen LogP contribution is -2.20. The van der Waals surface area contributed by atoms with E-state index in [9.17, 15) is 0 Å². The number of halogens is 1. The number of benzene rings is 2. The lowest BCUT2D eigenvalue weighted by atomic mass is 10.0. The minimum atomic E-state index is 0.477. The van der Waals surface area contributed by atoms with Gasteiger partial charge in [0.15, 0.2) is 11.6 Å². The summed E-state index contributed by atoms with van der Waals surface area (Å²) in [4.78, 5) is 4.86. The molecule has 5 rings (SSSR count). The highest BCUT2D eigenvalue weighted by Gasteiger charge is 2.24. The predicted octanol–water partition coefficient (Wildman–Crippen LogP) is 3.77. The maximum Gasteiger partial charge on any atom is 0.159 e. The van der Waals surface area contributed by atoms with Gasteiger partial charge in [-0.2, -0.15) is 0 Å². The van der Waals surface area contributed by atoms with Gasteiger partial charge in [-0.1, -0.05) is 48.0 Å². The molecular weight excluding hydrogens is 358 g/mol. The minimum absolute atomic E-state index is 0.477. The molecule has 0 unspecified atom stereocenters. The average Bonchev–Trinajstić information content (AvgIpc) is 3.45. The molecule has 1 saturated carbocycles. The first-order chi connectivity index (χ1) is 13.3. The lowest BCUT2D eigenvalue weighted by molar-refractivity contribution is 0.611. The van der Waals surface area contributed by atoms with Gasteiger partial charge in [0.05, 0.1) is 17.9 Å². The number of nitrogens with one attached hydrogen (secondary N) is 1. The molecular formula is C21H20ClN5. The van der Waals surface area contributed by atoms with Crippen LogP contribution >= 0.6 is 11.6 Å². The van der Waals surface area contributed by atoms with E-state index in [0.717, 1.165) is 46.6 Å². The molecule has 1 N–H and O–H groups in total. The van der Waals surface area contributed by atoms with Crippen LogP contribution in [0.5, 0.6) is 0 Å². The zero-order chi connectivity index (χ0) is 18.2. The number of para-hydroxylation sites is 1. The summed E-state index contributed by atoms with van der Waals surface area (Å²) in [6.45, 7) is 2.23. The highest BCUT2D eigenvalue weighted by atomic mass is 35.5. The van der Waals surface area contributed by atoms with E-state index in [1.807, 2.05) is 36.4 Å². The van der Waals surface area contributed by atoms with Gasteiger partial charge in [-0.15, -0.1) is 10.2 Å². The first-order valence-corrected chi connectivity index (χ1v) is 9.72. The van der Waals surface area contributed by atoms with Gasteiger partial charge >= 0.3 is 0 Å². The molecule has 1 fully saturated rings. The number of hydrogen-bond acceptors (Lipinski definition) is 4. The zero-order valence-corrected chi connectivity index (χ0v) is 15.7. The Kier molecular flexibility index (Phi) is 4.26. The Bertz CT molecular complexity index is 1020. The van der Waals surface area contributed by atoms with Crippen LogP contribution in [-0.4, -0.2) is 27.0 Å². The quantitative estimate of drug-likeness (QED) is 0.736. The molecule has 2 aromatic carbocycles. The number of aliphatic imine (C=N–C) groups is 1. The number of aromatic nitrogens is 3. The molecule has 6 heteroatoms. The summed E-state index contributed by atoms with van der Waals surface area (Å²) in [6.07, 6.45) is 2.67.